The Hall–Kier alpha value is -1.76. The van der Waals surface area contributed by atoms with Gasteiger partial charge in [-0.05, 0) is 33.2 Å². The highest BCUT2D eigenvalue weighted by molar-refractivity contribution is 5.00. The molecule has 22 heavy (non-hydrogen) atoms. The highest BCUT2D eigenvalue weighted by Crippen LogP contribution is 2.31. The standard InChI is InChI=1S/C15H23N5O2/c1-9(2)13-17-14(21-19-13)10(3)20-7-5-6-12(8-20)15-16-11(4)18-22-15/h9-10,12H,5-8H2,1-4H3/t10-,12-/m0/s1. The molecule has 3 rings (SSSR count). The molecular formula is C15H23N5O2. The van der Waals surface area contributed by atoms with Crippen molar-refractivity contribution in [1.82, 2.24) is 25.2 Å². The van der Waals surface area contributed by atoms with Gasteiger partial charge in [0.15, 0.2) is 11.6 Å². The summed E-state index contributed by atoms with van der Waals surface area (Å²) < 4.78 is 10.8. The first kappa shape index (κ1) is 15.1. The first-order valence-corrected chi connectivity index (χ1v) is 7.92. The number of aromatic nitrogens is 4. The second kappa shape index (κ2) is 6.16. The van der Waals surface area contributed by atoms with Crippen LogP contribution in [0.5, 0.6) is 0 Å². The lowest BCUT2D eigenvalue weighted by Crippen LogP contribution is -2.36. The molecular weight excluding hydrogens is 282 g/mol. The lowest BCUT2D eigenvalue weighted by atomic mass is 9.96. The van der Waals surface area contributed by atoms with Crippen molar-refractivity contribution in [2.45, 2.75) is 58.4 Å². The number of aryl methyl sites for hydroxylation is 1. The first-order valence-electron chi connectivity index (χ1n) is 7.92. The topological polar surface area (TPSA) is 81.1 Å². The largest absolute Gasteiger partial charge is 0.339 e. The zero-order chi connectivity index (χ0) is 15.7. The minimum Gasteiger partial charge on any atom is -0.339 e. The van der Waals surface area contributed by atoms with Crippen molar-refractivity contribution in [2.24, 2.45) is 0 Å². The summed E-state index contributed by atoms with van der Waals surface area (Å²) in [5.41, 5.74) is 0. The predicted octanol–water partition coefficient (Wildman–Crippen LogP) is 2.83. The summed E-state index contributed by atoms with van der Waals surface area (Å²) in [6, 6.07) is 0.104. The van der Waals surface area contributed by atoms with Crippen LogP contribution in [0.1, 0.15) is 74.9 Å². The maximum Gasteiger partial charge on any atom is 0.243 e. The summed E-state index contributed by atoms with van der Waals surface area (Å²) in [7, 11) is 0. The van der Waals surface area contributed by atoms with Gasteiger partial charge in [-0.1, -0.05) is 24.2 Å². The molecule has 0 amide bonds. The van der Waals surface area contributed by atoms with Crippen LogP contribution in [0.15, 0.2) is 9.05 Å². The van der Waals surface area contributed by atoms with Crippen molar-refractivity contribution in [3.8, 4) is 0 Å². The van der Waals surface area contributed by atoms with E-state index in [2.05, 4.69) is 46.0 Å². The van der Waals surface area contributed by atoms with E-state index in [1.165, 1.54) is 0 Å². The Labute approximate surface area is 130 Å². The SMILES string of the molecule is Cc1noc([C@H]2CCCN([C@@H](C)c3nc(C(C)C)no3)C2)n1. The third-order valence-corrected chi connectivity index (χ3v) is 4.22. The van der Waals surface area contributed by atoms with Gasteiger partial charge >= 0.3 is 0 Å². The number of rotatable bonds is 4. The van der Waals surface area contributed by atoms with E-state index in [9.17, 15) is 0 Å². The number of hydrogen-bond acceptors (Lipinski definition) is 7. The second-order valence-electron chi connectivity index (χ2n) is 6.34. The lowest BCUT2D eigenvalue weighted by Gasteiger charge is -2.33. The Morgan fingerprint density at radius 3 is 2.59 bits per heavy atom. The van der Waals surface area contributed by atoms with Crippen LogP contribution in [0.3, 0.4) is 0 Å². The highest BCUT2D eigenvalue weighted by Gasteiger charge is 2.30. The van der Waals surface area contributed by atoms with E-state index in [0.29, 0.717) is 11.7 Å². The smallest absolute Gasteiger partial charge is 0.243 e. The lowest BCUT2D eigenvalue weighted by molar-refractivity contribution is 0.123. The molecule has 0 bridgehead atoms. The number of likely N-dealkylation sites (tertiary alicyclic amines) is 1. The molecule has 3 heterocycles. The molecule has 1 saturated heterocycles. The molecule has 0 aliphatic carbocycles. The van der Waals surface area contributed by atoms with E-state index >= 15 is 0 Å². The van der Waals surface area contributed by atoms with Crippen molar-refractivity contribution in [2.75, 3.05) is 13.1 Å². The highest BCUT2D eigenvalue weighted by atomic mass is 16.5. The number of piperidine rings is 1. The zero-order valence-electron chi connectivity index (χ0n) is 13.6. The fourth-order valence-corrected chi connectivity index (χ4v) is 2.85. The zero-order valence-corrected chi connectivity index (χ0v) is 13.6. The van der Waals surface area contributed by atoms with E-state index in [0.717, 1.165) is 37.6 Å². The minimum absolute atomic E-state index is 0.104. The summed E-state index contributed by atoms with van der Waals surface area (Å²) in [6.07, 6.45) is 2.17. The number of hydrogen-bond donors (Lipinski definition) is 0. The molecule has 0 aromatic carbocycles. The van der Waals surface area contributed by atoms with Crippen LogP contribution in [0.2, 0.25) is 0 Å². The molecule has 0 saturated carbocycles. The summed E-state index contributed by atoms with van der Waals surface area (Å²) in [5, 5.41) is 7.96. The van der Waals surface area contributed by atoms with E-state index in [1.54, 1.807) is 0 Å². The molecule has 2 aromatic heterocycles. The van der Waals surface area contributed by atoms with Crippen LogP contribution in [0.4, 0.5) is 0 Å². The molecule has 7 heteroatoms. The van der Waals surface area contributed by atoms with Crippen LogP contribution >= 0.6 is 0 Å². The van der Waals surface area contributed by atoms with Crippen molar-refractivity contribution < 1.29 is 9.05 Å². The predicted molar refractivity (Wildman–Crippen MR) is 79.4 cm³/mol. The molecule has 0 N–H and O–H groups in total. The van der Waals surface area contributed by atoms with Gasteiger partial charge in [0.05, 0.1) is 12.0 Å². The summed E-state index contributed by atoms with van der Waals surface area (Å²) in [4.78, 5) is 11.2. The fourth-order valence-electron chi connectivity index (χ4n) is 2.85. The van der Waals surface area contributed by atoms with Crippen LogP contribution < -0.4 is 0 Å². The second-order valence-corrected chi connectivity index (χ2v) is 6.34. The van der Waals surface area contributed by atoms with Gasteiger partial charge in [-0.3, -0.25) is 4.90 Å². The first-order chi connectivity index (χ1) is 10.5. The summed E-state index contributed by atoms with van der Waals surface area (Å²) >= 11 is 0. The van der Waals surface area contributed by atoms with Crippen LogP contribution in [-0.4, -0.2) is 38.3 Å². The van der Waals surface area contributed by atoms with Crippen molar-refractivity contribution in [3.05, 3.63) is 23.4 Å². The van der Waals surface area contributed by atoms with Gasteiger partial charge in [-0.15, -0.1) is 0 Å². The monoisotopic (exact) mass is 305 g/mol. The molecule has 120 valence electrons. The van der Waals surface area contributed by atoms with Crippen molar-refractivity contribution in [1.29, 1.82) is 0 Å². The molecule has 0 spiro atoms. The Morgan fingerprint density at radius 2 is 1.95 bits per heavy atom. The fraction of sp³-hybridized carbons (Fsp3) is 0.733. The average Bonchev–Trinajstić information content (AvgIpc) is 3.15. The Bertz CT molecular complexity index is 621. The van der Waals surface area contributed by atoms with Gasteiger partial charge in [-0.2, -0.15) is 9.97 Å². The molecule has 1 aliphatic heterocycles. The van der Waals surface area contributed by atoms with Gasteiger partial charge in [-0.25, -0.2) is 0 Å². The van der Waals surface area contributed by atoms with Gasteiger partial charge in [0, 0.05) is 12.5 Å². The van der Waals surface area contributed by atoms with Gasteiger partial charge in [0.1, 0.15) is 0 Å². The Morgan fingerprint density at radius 1 is 1.14 bits per heavy atom. The van der Waals surface area contributed by atoms with Gasteiger partial charge < -0.3 is 9.05 Å². The third-order valence-electron chi connectivity index (χ3n) is 4.22. The summed E-state index contributed by atoms with van der Waals surface area (Å²) in [5.74, 6) is 3.44. The van der Waals surface area contributed by atoms with E-state index in [-0.39, 0.29) is 17.9 Å². The number of nitrogens with zero attached hydrogens (tertiary/aromatic N) is 5. The van der Waals surface area contributed by atoms with Crippen LogP contribution in [0, 0.1) is 6.92 Å². The third kappa shape index (κ3) is 3.04. The molecule has 2 atom stereocenters. The van der Waals surface area contributed by atoms with Crippen molar-refractivity contribution >= 4 is 0 Å². The van der Waals surface area contributed by atoms with Gasteiger partial charge in [0.25, 0.3) is 0 Å². The average molecular weight is 305 g/mol. The van der Waals surface area contributed by atoms with Crippen LogP contribution in [0.25, 0.3) is 0 Å². The maximum atomic E-state index is 5.43. The Balaban J connectivity index is 1.70. The molecule has 0 unspecified atom stereocenters. The summed E-state index contributed by atoms with van der Waals surface area (Å²) in [6.45, 7) is 9.98. The van der Waals surface area contributed by atoms with E-state index < -0.39 is 0 Å². The molecule has 1 aliphatic rings. The minimum atomic E-state index is 0.104. The van der Waals surface area contributed by atoms with Gasteiger partial charge in [0.2, 0.25) is 11.8 Å². The molecule has 1 fully saturated rings. The van der Waals surface area contributed by atoms with E-state index in [1.807, 2.05) is 6.92 Å². The molecule has 7 nitrogen and oxygen atoms in total. The maximum absolute atomic E-state index is 5.43. The quantitative estimate of drug-likeness (QED) is 0.859. The van der Waals surface area contributed by atoms with Crippen LogP contribution in [-0.2, 0) is 0 Å². The van der Waals surface area contributed by atoms with E-state index in [4.69, 9.17) is 9.05 Å². The van der Waals surface area contributed by atoms with Crippen molar-refractivity contribution in [3.63, 3.8) is 0 Å². The molecule has 0 radical (unpaired) electrons. The molecule has 2 aromatic rings. The normalized spacial score (nSPS) is 21.4. The Kier molecular flexibility index (Phi) is 4.24.